The Balaban J connectivity index is 2.29. The van der Waals surface area contributed by atoms with E-state index in [0.717, 1.165) is 25.9 Å². The van der Waals surface area contributed by atoms with E-state index in [1.807, 2.05) is 13.8 Å². The van der Waals surface area contributed by atoms with Crippen molar-refractivity contribution in [2.24, 2.45) is 11.3 Å². The number of halogens is 2. The van der Waals surface area contributed by atoms with Gasteiger partial charge in [0.05, 0.1) is 10.0 Å². The van der Waals surface area contributed by atoms with E-state index in [2.05, 4.69) is 21.2 Å². The number of benzene rings is 1. The fraction of sp³-hybridized carbons (Fsp3) is 0.533. The molecule has 1 aliphatic heterocycles. The lowest BCUT2D eigenvalue weighted by atomic mass is 9.70. The molecule has 2 nitrogen and oxygen atoms in total. The van der Waals surface area contributed by atoms with E-state index in [1.54, 1.807) is 18.2 Å². The van der Waals surface area contributed by atoms with Crippen LogP contribution in [-0.2, 0) is 0 Å². The van der Waals surface area contributed by atoms with Crippen LogP contribution in [0, 0.1) is 17.2 Å². The highest BCUT2D eigenvalue weighted by atomic mass is 79.9. The van der Waals surface area contributed by atoms with Gasteiger partial charge >= 0.3 is 0 Å². The molecule has 0 amide bonds. The lowest BCUT2D eigenvalue weighted by Gasteiger charge is -2.36. The molecule has 0 radical (unpaired) electrons. The van der Waals surface area contributed by atoms with Gasteiger partial charge in [0.2, 0.25) is 0 Å². The number of hydrogen-bond acceptors (Lipinski definition) is 2. The second kappa shape index (κ2) is 5.71. The number of nitrogens with one attached hydrogen (secondary N) is 1. The highest BCUT2D eigenvalue weighted by molar-refractivity contribution is 9.10. The summed E-state index contributed by atoms with van der Waals surface area (Å²) in [6, 6.07) is 4.89. The average Bonchev–Trinajstić information content (AvgIpc) is 2.42. The van der Waals surface area contributed by atoms with E-state index in [9.17, 15) is 9.18 Å². The normalized spacial score (nSPS) is 20.3. The number of piperidine rings is 1. The molecule has 2 rings (SSSR count). The Hall–Kier alpha value is -0.740. The van der Waals surface area contributed by atoms with Gasteiger partial charge < -0.3 is 5.32 Å². The van der Waals surface area contributed by atoms with E-state index in [-0.39, 0.29) is 17.3 Å². The number of ketones is 1. The first-order chi connectivity index (χ1) is 8.94. The zero-order valence-corrected chi connectivity index (χ0v) is 12.9. The van der Waals surface area contributed by atoms with Crippen LogP contribution >= 0.6 is 15.9 Å². The summed E-state index contributed by atoms with van der Waals surface area (Å²) in [5, 5.41) is 3.32. The molecule has 1 fully saturated rings. The Labute approximate surface area is 121 Å². The third kappa shape index (κ3) is 2.90. The molecule has 0 spiro atoms. The second-order valence-electron chi connectivity index (χ2n) is 5.70. The van der Waals surface area contributed by atoms with Crippen LogP contribution in [0.1, 0.15) is 37.0 Å². The molecule has 1 atom stereocenters. The maximum Gasteiger partial charge on any atom is 0.171 e. The van der Waals surface area contributed by atoms with Crippen LogP contribution in [0.2, 0.25) is 0 Å². The first-order valence-corrected chi connectivity index (χ1v) is 7.43. The number of carbonyl (C=O) groups is 1. The summed E-state index contributed by atoms with van der Waals surface area (Å²) in [5.41, 5.74) is -0.361. The molecule has 0 aromatic heterocycles. The maximum absolute atomic E-state index is 14.1. The number of Topliss-reactive ketones (excluding diaryl/α,β-unsaturated/α-hetero) is 1. The van der Waals surface area contributed by atoms with Crippen molar-refractivity contribution in [3.8, 4) is 0 Å². The average molecular weight is 328 g/mol. The largest absolute Gasteiger partial charge is 0.316 e. The van der Waals surface area contributed by atoms with E-state index in [4.69, 9.17) is 0 Å². The molecule has 1 N–H and O–H groups in total. The lowest BCUT2D eigenvalue weighted by molar-refractivity contribution is 0.0703. The molecule has 1 heterocycles. The van der Waals surface area contributed by atoms with Crippen molar-refractivity contribution >= 4 is 21.7 Å². The summed E-state index contributed by atoms with van der Waals surface area (Å²) in [5.74, 6) is -0.309. The summed E-state index contributed by atoms with van der Waals surface area (Å²) < 4.78 is 14.4. The van der Waals surface area contributed by atoms with E-state index in [0.29, 0.717) is 4.47 Å². The zero-order valence-electron chi connectivity index (χ0n) is 11.3. The topological polar surface area (TPSA) is 29.1 Å². The van der Waals surface area contributed by atoms with Crippen LogP contribution in [0.5, 0.6) is 0 Å². The monoisotopic (exact) mass is 327 g/mol. The molecule has 4 heteroatoms. The Morgan fingerprint density at radius 1 is 1.47 bits per heavy atom. The summed E-state index contributed by atoms with van der Waals surface area (Å²) >= 11 is 3.14. The van der Waals surface area contributed by atoms with Crippen molar-refractivity contribution in [3.05, 3.63) is 34.1 Å². The Kier molecular flexibility index (Phi) is 4.41. The van der Waals surface area contributed by atoms with Gasteiger partial charge in [-0.05, 0) is 59.9 Å². The third-order valence-corrected chi connectivity index (χ3v) is 4.71. The van der Waals surface area contributed by atoms with Crippen molar-refractivity contribution < 1.29 is 9.18 Å². The number of carbonyl (C=O) groups excluding carboxylic acids is 1. The van der Waals surface area contributed by atoms with Gasteiger partial charge in [0.1, 0.15) is 5.82 Å². The van der Waals surface area contributed by atoms with Crippen LogP contribution in [0.25, 0.3) is 0 Å². The predicted molar refractivity (Wildman–Crippen MR) is 77.8 cm³/mol. The minimum absolute atomic E-state index is 0.111. The molecule has 19 heavy (non-hydrogen) atoms. The molecule has 0 saturated carbocycles. The molecule has 104 valence electrons. The molecule has 1 saturated heterocycles. The fourth-order valence-corrected chi connectivity index (χ4v) is 3.05. The van der Waals surface area contributed by atoms with Gasteiger partial charge in [-0.15, -0.1) is 0 Å². The van der Waals surface area contributed by atoms with Gasteiger partial charge in [0, 0.05) is 5.41 Å². The van der Waals surface area contributed by atoms with E-state index >= 15 is 0 Å². The SMILES string of the molecule is CC(C)(C(=O)c1cccc(Br)c1F)C1CCCNC1. The number of rotatable bonds is 3. The highest BCUT2D eigenvalue weighted by Crippen LogP contribution is 2.36. The van der Waals surface area contributed by atoms with Gasteiger partial charge in [-0.2, -0.15) is 0 Å². The standard InChI is InChI=1S/C15H19BrFNO/c1-15(2,10-5-4-8-18-9-10)14(19)11-6-3-7-12(16)13(11)17/h3,6-7,10,18H,4-5,8-9H2,1-2H3. The van der Waals surface area contributed by atoms with Gasteiger partial charge in [-0.25, -0.2) is 4.39 Å². The van der Waals surface area contributed by atoms with E-state index < -0.39 is 11.2 Å². The predicted octanol–water partition coefficient (Wildman–Crippen LogP) is 3.80. The Morgan fingerprint density at radius 2 is 2.21 bits per heavy atom. The first-order valence-electron chi connectivity index (χ1n) is 6.64. The minimum Gasteiger partial charge on any atom is -0.316 e. The van der Waals surface area contributed by atoms with Crippen molar-refractivity contribution in [1.29, 1.82) is 0 Å². The zero-order chi connectivity index (χ0) is 14.0. The van der Waals surface area contributed by atoms with Crippen molar-refractivity contribution in [1.82, 2.24) is 5.32 Å². The van der Waals surface area contributed by atoms with Gasteiger partial charge in [0.15, 0.2) is 5.78 Å². The van der Waals surface area contributed by atoms with Gasteiger partial charge in [0.25, 0.3) is 0 Å². The summed E-state index contributed by atoms with van der Waals surface area (Å²) in [4.78, 5) is 12.7. The van der Waals surface area contributed by atoms with Crippen LogP contribution in [0.15, 0.2) is 22.7 Å². The highest BCUT2D eigenvalue weighted by Gasteiger charge is 2.38. The van der Waals surface area contributed by atoms with E-state index in [1.165, 1.54) is 0 Å². The minimum atomic E-state index is -0.547. The summed E-state index contributed by atoms with van der Waals surface area (Å²) in [7, 11) is 0. The first kappa shape index (κ1) is 14.7. The van der Waals surface area contributed by atoms with Crippen LogP contribution < -0.4 is 5.32 Å². The lowest BCUT2D eigenvalue weighted by Crippen LogP contribution is -2.42. The molecule has 1 aromatic carbocycles. The van der Waals surface area contributed by atoms with Crippen molar-refractivity contribution in [3.63, 3.8) is 0 Å². The molecule has 0 bridgehead atoms. The molecular formula is C15H19BrFNO. The van der Waals surface area contributed by atoms with Gasteiger partial charge in [-0.1, -0.05) is 19.9 Å². The summed E-state index contributed by atoms with van der Waals surface area (Å²) in [6.45, 7) is 5.68. The van der Waals surface area contributed by atoms with Crippen LogP contribution in [0.4, 0.5) is 4.39 Å². The van der Waals surface area contributed by atoms with Crippen LogP contribution in [0.3, 0.4) is 0 Å². The molecule has 0 aliphatic carbocycles. The Morgan fingerprint density at radius 3 is 2.84 bits per heavy atom. The molecular weight excluding hydrogens is 309 g/mol. The smallest absolute Gasteiger partial charge is 0.171 e. The quantitative estimate of drug-likeness (QED) is 0.855. The molecule has 1 aromatic rings. The van der Waals surface area contributed by atoms with Crippen molar-refractivity contribution in [2.75, 3.05) is 13.1 Å². The summed E-state index contributed by atoms with van der Waals surface area (Å²) in [6.07, 6.45) is 2.09. The van der Waals surface area contributed by atoms with Crippen LogP contribution in [-0.4, -0.2) is 18.9 Å². The maximum atomic E-state index is 14.1. The second-order valence-corrected chi connectivity index (χ2v) is 6.55. The molecule has 1 unspecified atom stereocenters. The van der Waals surface area contributed by atoms with Crippen molar-refractivity contribution in [2.45, 2.75) is 26.7 Å². The fourth-order valence-electron chi connectivity index (χ4n) is 2.68. The number of hydrogen-bond donors (Lipinski definition) is 1. The molecule has 1 aliphatic rings. The third-order valence-electron chi connectivity index (χ3n) is 4.10. The Bertz CT molecular complexity index is 481. The van der Waals surface area contributed by atoms with Gasteiger partial charge in [-0.3, -0.25) is 4.79 Å².